The van der Waals surface area contributed by atoms with Crippen LogP contribution in [-0.2, 0) is 4.79 Å². The fourth-order valence-corrected chi connectivity index (χ4v) is 1.89. The Morgan fingerprint density at radius 1 is 1.17 bits per heavy atom. The molecule has 0 fully saturated rings. The van der Waals surface area contributed by atoms with Crippen LogP contribution in [0.4, 0.5) is 5.82 Å². The van der Waals surface area contributed by atoms with Gasteiger partial charge in [0.05, 0.1) is 0 Å². The maximum Gasteiger partial charge on any atom is 0.275 e. The molecule has 2 heterocycles. The summed E-state index contributed by atoms with van der Waals surface area (Å²) < 4.78 is 1.43. The van der Waals surface area contributed by atoms with E-state index in [1.54, 1.807) is 42.7 Å². The van der Waals surface area contributed by atoms with E-state index in [1.165, 1.54) is 4.68 Å². The van der Waals surface area contributed by atoms with E-state index >= 15 is 0 Å². The second-order valence-corrected chi connectivity index (χ2v) is 6.50. The molecule has 2 N–H and O–H groups in total. The summed E-state index contributed by atoms with van der Waals surface area (Å²) in [7, 11) is 0. The molecular formula is C17H22N4O2. The van der Waals surface area contributed by atoms with Gasteiger partial charge in [0.25, 0.3) is 5.91 Å². The van der Waals surface area contributed by atoms with Gasteiger partial charge in [-0.3, -0.25) is 19.7 Å². The van der Waals surface area contributed by atoms with Gasteiger partial charge in [-0.1, -0.05) is 33.8 Å². The summed E-state index contributed by atoms with van der Waals surface area (Å²) in [5.74, 6) is -0.214. The molecule has 0 unspecified atom stereocenters. The van der Waals surface area contributed by atoms with Crippen LogP contribution < -0.4 is 10.7 Å². The van der Waals surface area contributed by atoms with Gasteiger partial charge in [-0.15, -0.1) is 0 Å². The number of amides is 2. The fraction of sp³-hybridized carbons (Fsp3) is 0.353. The Morgan fingerprint density at radius 2 is 1.91 bits per heavy atom. The molecule has 6 nitrogen and oxygen atoms in total. The first-order chi connectivity index (χ1) is 10.8. The Labute approximate surface area is 135 Å². The van der Waals surface area contributed by atoms with Crippen LogP contribution in [0.2, 0.25) is 0 Å². The van der Waals surface area contributed by atoms with Gasteiger partial charge >= 0.3 is 0 Å². The first kappa shape index (κ1) is 16.7. The molecule has 0 aliphatic heterocycles. The average molecular weight is 314 g/mol. The van der Waals surface area contributed by atoms with Gasteiger partial charge in [0.15, 0.2) is 0 Å². The highest BCUT2D eigenvalue weighted by Gasteiger charge is 2.27. The predicted octanol–water partition coefficient (Wildman–Crippen LogP) is 2.89. The van der Waals surface area contributed by atoms with E-state index in [-0.39, 0.29) is 23.1 Å². The Bertz CT molecular complexity index is 686. The zero-order chi connectivity index (χ0) is 17.0. The third kappa shape index (κ3) is 4.18. The minimum atomic E-state index is -0.336. The highest BCUT2D eigenvalue weighted by molar-refractivity contribution is 6.03. The van der Waals surface area contributed by atoms with Crippen molar-refractivity contribution in [3.8, 4) is 0 Å². The van der Waals surface area contributed by atoms with Crippen LogP contribution in [-0.4, -0.2) is 21.5 Å². The van der Waals surface area contributed by atoms with Gasteiger partial charge < -0.3 is 5.32 Å². The third-order valence-corrected chi connectivity index (χ3v) is 3.81. The summed E-state index contributed by atoms with van der Waals surface area (Å²) in [6, 6.07) is 8.60. The standard InChI is InChI=1S/C17H22N4O2/c1-12(17(2,3)4)15(22)20-21-11-7-8-13(21)16(23)19-14-9-5-6-10-18-14/h5-12H,1-4H3,(H,20,22)(H,18,19,23)/t12-/m1/s1. The number of nitrogens with zero attached hydrogens (tertiary/aromatic N) is 2. The van der Waals surface area contributed by atoms with E-state index in [4.69, 9.17) is 0 Å². The molecule has 23 heavy (non-hydrogen) atoms. The molecule has 2 amide bonds. The largest absolute Gasteiger partial charge is 0.305 e. The third-order valence-electron chi connectivity index (χ3n) is 3.81. The highest BCUT2D eigenvalue weighted by Crippen LogP contribution is 2.25. The fourth-order valence-electron chi connectivity index (χ4n) is 1.89. The molecule has 0 aliphatic rings. The first-order valence-electron chi connectivity index (χ1n) is 7.49. The number of hydrogen-bond acceptors (Lipinski definition) is 3. The second kappa shape index (κ2) is 6.64. The SMILES string of the molecule is C[C@H](C(=O)Nn1cccc1C(=O)Nc1ccccn1)C(C)(C)C. The van der Waals surface area contributed by atoms with E-state index in [9.17, 15) is 9.59 Å². The molecule has 0 aromatic carbocycles. The van der Waals surface area contributed by atoms with Crippen LogP contribution >= 0.6 is 0 Å². The number of nitrogens with one attached hydrogen (secondary N) is 2. The van der Waals surface area contributed by atoms with Crippen molar-refractivity contribution in [1.29, 1.82) is 0 Å². The molecule has 0 radical (unpaired) electrons. The van der Waals surface area contributed by atoms with Crippen molar-refractivity contribution in [2.75, 3.05) is 10.7 Å². The maximum atomic E-state index is 12.3. The van der Waals surface area contributed by atoms with Crippen molar-refractivity contribution in [1.82, 2.24) is 9.66 Å². The number of aromatic nitrogens is 2. The van der Waals surface area contributed by atoms with E-state index < -0.39 is 0 Å². The molecule has 0 spiro atoms. The van der Waals surface area contributed by atoms with Gasteiger partial charge in [0.2, 0.25) is 5.91 Å². The van der Waals surface area contributed by atoms with Crippen molar-refractivity contribution < 1.29 is 9.59 Å². The minimum Gasteiger partial charge on any atom is -0.305 e. The van der Waals surface area contributed by atoms with Crippen LogP contribution in [0.25, 0.3) is 0 Å². The molecule has 2 aromatic rings. The van der Waals surface area contributed by atoms with Gasteiger partial charge in [-0.05, 0) is 29.7 Å². The zero-order valence-electron chi connectivity index (χ0n) is 13.8. The lowest BCUT2D eigenvalue weighted by Gasteiger charge is -2.26. The number of rotatable bonds is 4. The van der Waals surface area contributed by atoms with Gasteiger partial charge in [0.1, 0.15) is 11.5 Å². The number of anilines is 1. The first-order valence-corrected chi connectivity index (χ1v) is 7.49. The van der Waals surface area contributed by atoms with Crippen molar-refractivity contribution in [2.45, 2.75) is 27.7 Å². The smallest absolute Gasteiger partial charge is 0.275 e. The molecule has 0 saturated heterocycles. The summed E-state index contributed by atoms with van der Waals surface area (Å²) in [5, 5.41) is 2.70. The molecule has 0 saturated carbocycles. The lowest BCUT2D eigenvalue weighted by Crippen LogP contribution is -2.36. The minimum absolute atomic E-state index is 0.138. The summed E-state index contributed by atoms with van der Waals surface area (Å²) in [6.07, 6.45) is 3.24. The average Bonchev–Trinajstić information content (AvgIpc) is 2.94. The predicted molar refractivity (Wildman–Crippen MR) is 89.6 cm³/mol. The quantitative estimate of drug-likeness (QED) is 0.911. The number of carbonyl (C=O) groups is 2. The topological polar surface area (TPSA) is 76.0 Å². The molecule has 2 rings (SSSR count). The summed E-state index contributed by atoms with van der Waals surface area (Å²) >= 11 is 0. The second-order valence-electron chi connectivity index (χ2n) is 6.50. The Hall–Kier alpha value is -2.63. The van der Waals surface area contributed by atoms with Gasteiger partial charge in [-0.25, -0.2) is 4.98 Å². The molecule has 2 aromatic heterocycles. The zero-order valence-corrected chi connectivity index (χ0v) is 13.8. The maximum absolute atomic E-state index is 12.3. The molecule has 0 bridgehead atoms. The van der Waals surface area contributed by atoms with Gasteiger partial charge in [-0.2, -0.15) is 0 Å². The summed E-state index contributed by atoms with van der Waals surface area (Å²) in [6.45, 7) is 7.87. The lowest BCUT2D eigenvalue weighted by molar-refractivity contribution is -0.123. The highest BCUT2D eigenvalue weighted by atomic mass is 16.2. The van der Waals surface area contributed by atoms with E-state index in [0.29, 0.717) is 11.5 Å². The summed E-state index contributed by atoms with van der Waals surface area (Å²) in [4.78, 5) is 28.7. The van der Waals surface area contributed by atoms with Gasteiger partial charge in [0, 0.05) is 18.3 Å². The molecule has 1 atom stereocenters. The van der Waals surface area contributed by atoms with E-state index in [2.05, 4.69) is 15.7 Å². The Morgan fingerprint density at radius 3 is 2.52 bits per heavy atom. The molecular weight excluding hydrogens is 292 g/mol. The Kier molecular flexibility index (Phi) is 4.83. The molecule has 122 valence electrons. The van der Waals surface area contributed by atoms with Crippen molar-refractivity contribution in [3.05, 3.63) is 48.4 Å². The summed E-state index contributed by atoms with van der Waals surface area (Å²) in [5.41, 5.74) is 2.94. The van der Waals surface area contributed by atoms with Crippen LogP contribution in [0.15, 0.2) is 42.7 Å². The lowest BCUT2D eigenvalue weighted by atomic mass is 9.82. The van der Waals surface area contributed by atoms with Crippen molar-refractivity contribution in [3.63, 3.8) is 0 Å². The monoisotopic (exact) mass is 314 g/mol. The van der Waals surface area contributed by atoms with Crippen LogP contribution in [0, 0.1) is 11.3 Å². The van der Waals surface area contributed by atoms with E-state index in [1.807, 2.05) is 27.7 Å². The van der Waals surface area contributed by atoms with E-state index in [0.717, 1.165) is 0 Å². The van der Waals surface area contributed by atoms with Crippen molar-refractivity contribution in [2.24, 2.45) is 11.3 Å². The van der Waals surface area contributed by atoms with Crippen molar-refractivity contribution >= 4 is 17.6 Å². The normalized spacial score (nSPS) is 12.5. The molecule has 0 aliphatic carbocycles. The van der Waals surface area contributed by atoms with Crippen LogP contribution in [0.3, 0.4) is 0 Å². The van der Waals surface area contributed by atoms with Crippen LogP contribution in [0.5, 0.6) is 0 Å². The Balaban J connectivity index is 2.10. The number of carbonyl (C=O) groups excluding carboxylic acids is 2. The number of hydrogen-bond donors (Lipinski definition) is 2. The van der Waals surface area contributed by atoms with Crippen LogP contribution in [0.1, 0.15) is 38.2 Å². The number of pyridine rings is 1. The molecule has 6 heteroatoms.